The lowest BCUT2D eigenvalue weighted by Gasteiger charge is -2.34. The van der Waals surface area contributed by atoms with Crippen LogP contribution in [0, 0.1) is 0 Å². The number of benzene rings is 1. The van der Waals surface area contributed by atoms with Gasteiger partial charge < -0.3 is 19.3 Å². The topological polar surface area (TPSA) is 88.1 Å². The predicted octanol–water partition coefficient (Wildman–Crippen LogP) is 2.10. The summed E-state index contributed by atoms with van der Waals surface area (Å²) in [5.74, 6) is 2.76. The van der Waals surface area contributed by atoms with Gasteiger partial charge in [0.25, 0.3) is 0 Å². The standard InChI is InChI=1S/C21H27N5O4S/c27-31(28,17-5-6-18-19(15-17)30-16-29-18)26-13-11-25(12-14-26)21-8-7-20(22-23-21)24-9-3-1-2-4-10-24/h5-8,15H,1-4,9-14,16H2. The molecule has 0 saturated carbocycles. The van der Waals surface area contributed by atoms with Gasteiger partial charge in [-0.15, -0.1) is 10.2 Å². The number of hydrogen-bond donors (Lipinski definition) is 0. The van der Waals surface area contributed by atoms with Gasteiger partial charge in [0.05, 0.1) is 4.90 Å². The lowest BCUT2D eigenvalue weighted by Crippen LogP contribution is -2.49. The zero-order valence-corrected chi connectivity index (χ0v) is 18.3. The minimum absolute atomic E-state index is 0.120. The molecule has 166 valence electrons. The monoisotopic (exact) mass is 445 g/mol. The van der Waals surface area contributed by atoms with Gasteiger partial charge >= 0.3 is 0 Å². The highest BCUT2D eigenvalue weighted by molar-refractivity contribution is 7.89. The van der Waals surface area contributed by atoms with Gasteiger partial charge in [-0.1, -0.05) is 12.8 Å². The third-order valence-corrected chi connectivity index (χ3v) is 8.01. The lowest BCUT2D eigenvalue weighted by atomic mass is 10.2. The van der Waals surface area contributed by atoms with Gasteiger partial charge in [-0.05, 0) is 37.1 Å². The first-order valence-electron chi connectivity index (χ1n) is 10.8. The number of fused-ring (bicyclic) bond motifs is 1. The SMILES string of the molecule is O=S(=O)(c1ccc2c(c1)OCO2)N1CCN(c2ccc(N3CCCCCC3)nn2)CC1. The fourth-order valence-electron chi connectivity index (χ4n) is 4.30. The lowest BCUT2D eigenvalue weighted by molar-refractivity contribution is 0.174. The van der Waals surface area contributed by atoms with E-state index in [0.29, 0.717) is 37.7 Å². The fourth-order valence-corrected chi connectivity index (χ4v) is 5.74. The average Bonchev–Trinajstić information content (AvgIpc) is 3.11. The summed E-state index contributed by atoms with van der Waals surface area (Å²) in [6, 6.07) is 8.78. The van der Waals surface area contributed by atoms with Crippen LogP contribution in [0.25, 0.3) is 0 Å². The number of piperazine rings is 1. The van der Waals surface area contributed by atoms with Crippen molar-refractivity contribution >= 4 is 21.7 Å². The molecule has 2 fully saturated rings. The van der Waals surface area contributed by atoms with Crippen LogP contribution in [-0.2, 0) is 10.0 Å². The summed E-state index contributed by atoms with van der Waals surface area (Å²) in [5, 5.41) is 8.87. The molecule has 0 unspecified atom stereocenters. The smallest absolute Gasteiger partial charge is 0.243 e. The van der Waals surface area contributed by atoms with E-state index in [1.165, 1.54) is 36.1 Å². The van der Waals surface area contributed by atoms with Crippen molar-refractivity contribution in [2.24, 2.45) is 0 Å². The van der Waals surface area contributed by atoms with E-state index in [4.69, 9.17) is 9.47 Å². The fraction of sp³-hybridized carbons (Fsp3) is 0.524. The molecule has 5 rings (SSSR count). The van der Waals surface area contributed by atoms with Crippen LogP contribution in [0.5, 0.6) is 11.5 Å². The third kappa shape index (κ3) is 4.14. The second-order valence-electron chi connectivity index (χ2n) is 8.06. The Labute approximate surface area is 182 Å². The Kier molecular flexibility index (Phi) is 5.58. The van der Waals surface area contributed by atoms with E-state index in [1.54, 1.807) is 12.1 Å². The first-order chi connectivity index (χ1) is 15.1. The Balaban J connectivity index is 1.23. The summed E-state index contributed by atoms with van der Waals surface area (Å²) in [6.45, 7) is 4.12. The molecule has 3 aliphatic rings. The van der Waals surface area contributed by atoms with E-state index in [9.17, 15) is 8.42 Å². The number of sulfonamides is 1. The predicted molar refractivity (Wildman–Crippen MR) is 116 cm³/mol. The Morgan fingerprint density at radius 2 is 1.32 bits per heavy atom. The molecule has 0 atom stereocenters. The minimum atomic E-state index is -3.59. The highest BCUT2D eigenvalue weighted by atomic mass is 32.2. The summed E-state index contributed by atoms with van der Waals surface area (Å²) in [6.07, 6.45) is 4.95. The van der Waals surface area contributed by atoms with E-state index in [-0.39, 0.29) is 11.7 Å². The van der Waals surface area contributed by atoms with Crippen molar-refractivity contribution in [3.05, 3.63) is 30.3 Å². The van der Waals surface area contributed by atoms with Gasteiger partial charge in [0, 0.05) is 45.3 Å². The first-order valence-corrected chi connectivity index (χ1v) is 12.3. The van der Waals surface area contributed by atoms with Crippen LogP contribution >= 0.6 is 0 Å². The van der Waals surface area contributed by atoms with Gasteiger partial charge in [0.2, 0.25) is 16.8 Å². The Bertz CT molecular complexity index is 1010. The van der Waals surface area contributed by atoms with Crippen LogP contribution < -0.4 is 19.3 Å². The molecule has 0 N–H and O–H groups in total. The molecule has 9 nitrogen and oxygen atoms in total. The van der Waals surface area contributed by atoms with Gasteiger partial charge in [-0.2, -0.15) is 4.31 Å². The number of rotatable bonds is 4. The molecule has 3 aliphatic heterocycles. The van der Waals surface area contributed by atoms with Crippen molar-refractivity contribution in [1.29, 1.82) is 0 Å². The zero-order chi connectivity index (χ0) is 21.3. The van der Waals surface area contributed by atoms with Crippen LogP contribution in [0.3, 0.4) is 0 Å². The van der Waals surface area contributed by atoms with Crippen LogP contribution in [-0.4, -0.2) is 69.0 Å². The molecular weight excluding hydrogens is 418 g/mol. The summed E-state index contributed by atoms with van der Waals surface area (Å²) in [4.78, 5) is 4.62. The van der Waals surface area contributed by atoms with Crippen LogP contribution in [0.15, 0.2) is 35.2 Å². The van der Waals surface area contributed by atoms with Crippen LogP contribution in [0.2, 0.25) is 0 Å². The second-order valence-corrected chi connectivity index (χ2v) is 10.00. The van der Waals surface area contributed by atoms with Crippen molar-refractivity contribution in [2.75, 3.05) is 55.9 Å². The Morgan fingerprint density at radius 1 is 0.710 bits per heavy atom. The molecule has 1 aromatic carbocycles. The van der Waals surface area contributed by atoms with Crippen molar-refractivity contribution < 1.29 is 17.9 Å². The maximum absolute atomic E-state index is 13.1. The summed E-state index contributed by atoms with van der Waals surface area (Å²) in [5.41, 5.74) is 0. The Hall–Kier alpha value is -2.59. The van der Waals surface area contributed by atoms with Crippen molar-refractivity contribution in [3.63, 3.8) is 0 Å². The van der Waals surface area contributed by atoms with Crippen molar-refractivity contribution in [3.8, 4) is 11.5 Å². The molecule has 1 aromatic heterocycles. The molecule has 0 aliphatic carbocycles. The summed E-state index contributed by atoms with van der Waals surface area (Å²) >= 11 is 0. The maximum Gasteiger partial charge on any atom is 0.243 e. The number of ether oxygens (including phenoxy) is 2. The van der Waals surface area contributed by atoms with E-state index < -0.39 is 10.0 Å². The van der Waals surface area contributed by atoms with E-state index in [1.807, 2.05) is 12.1 Å². The number of hydrogen-bond acceptors (Lipinski definition) is 8. The first kappa shape index (κ1) is 20.3. The van der Waals surface area contributed by atoms with Crippen LogP contribution in [0.4, 0.5) is 11.6 Å². The molecule has 2 aromatic rings. The highest BCUT2D eigenvalue weighted by Gasteiger charge is 2.30. The molecule has 2 saturated heterocycles. The molecule has 0 spiro atoms. The third-order valence-electron chi connectivity index (χ3n) is 6.11. The van der Waals surface area contributed by atoms with Gasteiger partial charge in [0.1, 0.15) is 0 Å². The molecule has 0 radical (unpaired) electrons. The second kappa shape index (κ2) is 8.51. The maximum atomic E-state index is 13.1. The Morgan fingerprint density at radius 3 is 1.97 bits per heavy atom. The molecular formula is C21H27N5O4S. The van der Waals surface area contributed by atoms with Crippen molar-refractivity contribution in [1.82, 2.24) is 14.5 Å². The van der Waals surface area contributed by atoms with Gasteiger partial charge in [-0.25, -0.2) is 8.42 Å². The highest BCUT2D eigenvalue weighted by Crippen LogP contribution is 2.34. The summed E-state index contributed by atoms with van der Waals surface area (Å²) in [7, 11) is -3.59. The van der Waals surface area contributed by atoms with Crippen molar-refractivity contribution in [2.45, 2.75) is 30.6 Å². The quantitative estimate of drug-likeness (QED) is 0.707. The van der Waals surface area contributed by atoms with E-state index in [2.05, 4.69) is 20.0 Å². The van der Waals surface area contributed by atoms with E-state index in [0.717, 1.165) is 24.7 Å². The average molecular weight is 446 g/mol. The normalized spacial score (nSPS) is 20.0. The number of aromatic nitrogens is 2. The van der Waals surface area contributed by atoms with Crippen LogP contribution in [0.1, 0.15) is 25.7 Å². The molecule has 31 heavy (non-hydrogen) atoms. The molecule has 10 heteroatoms. The molecule has 0 amide bonds. The molecule has 4 heterocycles. The van der Waals surface area contributed by atoms with Gasteiger partial charge in [-0.3, -0.25) is 0 Å². The van der Waals surface area contributed by atoms with E-state index >= 15 is 0 Å². The number of nitrogens with zero attached hydrogens (tertiary/aromatic N) is 5. The molecule has 0 bridgehead atoms. The largest absolute Gasteiger partial charge is 0.454 e. The van der Waals surface area contributed by atoms with Gasteiger partial charge in [0.15, 0.2) is 23.1 Å². The number of anilines is 2. The summed E-state index contributed by atoms with van der Waals surface area (Å²) < 4.78 is 38.2. The zero-order valence-electron chi connectivity index (χ0n) is 17.4. The minimum Gasteiger partial charge on any atom is -0.454 e.